The third kappa shape index (κ3) is 4.92. The zero-order valence-corrected chi connectivity index (χ0v) is 13.0. The van der Waals surface area contributed by atoms with Crippen molar-refractivity contribution in [1.82, 2.24) is 10.2 Å². The fraction of sp³-hybridized carbons (Fsp3) is 0.412. The van der Waals surface area contributed by atoms with Crippen LogP contribution in [-0.4, -0.2) is 31.6 Å². The summed E-state index contributed by atoms with van der Waals surface area (Å²) < 4.78 is 10.6. The van der Waals surface area contributed by atoms with Crippen molar-refractivity contribution in [3.63, 3.8) is 0 Å². The second kappa shape index (κ2) is 7.86. The zero-order chi connectivity index (χ0) is 15.1. The lowest BCUT2D eigenvalue weighted by Gasteiger charge is -2.25. The van der Waals surface area contributed by atoms with Crippen molar-refractivity contribution in [3.05, 3.63) is 54.0 Å². The van der Waals surface area contributed by atoms with E-state index < -0.39 is 0 Å². The first-order chi connectivity index (χ1) is 10.2. The molecule has 1 atom stereocenters. The molecule has 0 bridgehead atoms. The Morgan fingerprint density at radius 2 is 2.14 bits per heavy atom. The highest BCUT2D eigenvalue weighted by Crippen LogP contribution is 2.14. The summed E-state index contributed by atoms with van der Waals surface area (Å²) in [5, 5.41) is 3.42. The Morgan fingerprint density at radius 1 is 1.29 bits per heavy atom. The van der Waals surface area contributed by atoms with Crippen LogP contribution in [0, 0.1) is 0 Å². The van der Waals surface area contributed by atoms with E-state index in [-0.39, 0.29) is 0 Å². The summed E-state index contributed by atoms with van der Waals surface area (Å²) in [5.41, 5.74) is 1.26. The molecular weight excluding hydrogens is 264 g/mol. The van der Waals surface area contributed by atoms with Crippen LogP contribution in [-0.2, 0) is 13.1 Å². The van der Waals surface area contributed by atoms with E-state index in [4.69, 9.17) is 9.15 Å². The molecule has 0 fully saturated rings. The Morgan fingerprint density at radius 3 is 2.86 bits per heavy atom. The van der Waals surface area contributed by atoms with Gasteiger partial charge in [-0.3, -0.25) is 4.90 Å². The summed E-state index contributed by atoms with van der Waals surface area (Å²) in [7, 11) is 3.84. The highest BCUT2D eigenvalue weighted by molar-refractivity contribution is 5.28. The maximum Gasteiger partial charge on any atom is 0.119 e. The van der Waals surface area contributed by atoms with Crippen LogP contribution in [0.4, 0.5) is 0 Å². The van der Waals surface area contributed by atoms with Gasteiger partial charge in [-0.1, -0.05) is 12.1 Å². The first kappa shape index (κ1) is 15.6. The van der Waals surface area contributed by atoms with E-state index >= 15 is 0 Å². The smallest absolute Gasteiger partial charge is 0.119 e. The molecule has 1 unspecified atom stereocenters. The third-order valence-corrected chi connectivity index (χ3v) is 3.64. The molecule has 1 aromatic carbocycles. The van der Waals surface area contributed by atoms with Gasteiger partial charge in [0.25, 0.3) is 0 Å². The van der Waals surface area contributed by atoms with Crippen LogP contribution in [0.15, 0.2) is 47.1 Å². The zero-order valence-electron chi connectivity index (χ0n) is 13.0. The number of furan rings is 1. The molecule has 0 amide bonds. The van der Waals surface area contributed by atoms with Gasteiger partial charge in [-0.05, 0) is 43.8 Å². The van der Waals surface area contributed by atoms with Gasteiger partial charge in [0, 0.05) is 19.1 Å². The Hall–Kier alpha value is -1.78. The molecule has 0 aliphatic heterocycles. The monoisotopic (exact) mass is 288 g/mol. The first-order valence-electron chi connectivity index (χ1n) is 7.25. The van der Waals surface area contributed by atoms with Gasteiger partial charge in [-0.25, -0.2) is 0 Å². The molecule has 0 aliphatic rings. The summed E-state index contributed by atoms with van der Waals surface area (Å²) in [6.07, 6.45) is 1.70. The molecule has 4 nitrogen and oxygen atoms in total. The molecule has 0 saturated carbocycles. The number of hydrogen-bond donors (Lipinski definition) is 1. The van der Waals surface area contributed by atoms with E-state index in [0.29, 0.717) is 6.04 Å². The van der Waals surface area contributed by atoms with Crippen LogP contribution in [0.2, 0.25) is 0 Å². The number of nitrogens with one attached hydrogen (secondary N) is 1. The average Bonchev–Trinajstić information content (AvgIpc) is 3.00. The lowest BCUT2D eigenvalue weighted by Crippen LogP contribution is -2.37. The molecule has 114 valence electrons. The van der Waals surface area contributed by atoms with Crippen LogP contribution in [0.1, 0.15) is 18.2 Å². The highest BCUT2D eigenvalue weighted by atomic mass is 16.5. The quantitative estimate of drug-likeness (QED) is 0.810. The van der Waals surface area contributed by atoms with Gasteiger partial charge < -0.3 is 14.5 Å². The summed E-state index contributed by atoms with van der Waals surface area (Å²) in [6, 6.07) is 12.5. The lowest BCUT2D eigenvalue weighted by atomic mass is 10.2. The number of rotatable bonds is 8. The fourth-order valence-electron chi connectivity index (χ4n) is 2.19. The summed E-state index contributed by atoms with van der Waals surface area (Å²) >= 11 is 0. The van der Waals surface area contributed by atoms with Crippen molar-refractivity contribution in [2.24, 2.45) is 0 Å². The van der Waals surface area contributed by atoms with Crippen molar-refractivity contribution in [3.8, 4) is 5.75 Å². The van der Waals surface area contributed by atoms with E-state index in [1.54, 1.807) is 13.4 Å². The summed E-state index contributed by atoms with van der Waals surface area (Å²) in [5.74, 6) is 1.88. The van der Waals surface area contributed by atoms with Gasteiger partial charge in [0.05, 0.1) is 19.9 Å². The number of ether oxygens (including phenoxy) is 1. The predicted octanol–water partition coefficient (Wildman–Crippen LogP) is 2.90. The van der Waals surface area contributed by atoms with Gasteiger partial charge >= 0.3 is 0 Å². The third-order valence-electron chi connectivity index (χ3n) is 3.64. The van der Waals surface area contributed by atoms with Gasteiger partial charge in [0.2, 0.25) is 0 Å². The first-order valence-corrected chi connectivity index (χ1v) is 7.25. The van der Waals surface area contributed by atoms with Gasteiger partial charge in [0.15, 0.2) is 0 Å². The fourth-order valence-corrected chi connectivity index (χ4v) is 2.19. The normalized spacial score (nSPS) is 12.6. The Bertz CT molecular complexity index is 525. The van der Waals surface area contributed by atoms with E-state index in [1.807, 2.05) is 24.3 Å². The molecule has 0 saturated heterocycles. The molecular formula is C17H24N2O2. The van der Waals surface area contributed by atoms with E-state index in [0.717, 1.165) is 31.1 Å². The van der Waals surface area contributed by atoms with E-state index in [9.17, 15) is 0 Å². The summed E-state index contributed by atoms with van der Waals surface area (Å²) in [4.78, 5) is 2.32. The number of likely N-dealkylation sites (N-methyl/N-ethyl adjacent to an activating group) is 1. The van der Waals surface area contributed by atoms with Gasteiger partial charge in [0.1, 0.15) is 11.5 Å². The minimum Gasteiger partial charge on any atom is -0.497 e. The summed E-state index contributed by atoms with van der Waals surface area (Å²) in [6.45, 7) is 4.81. The molecule has 2 rings (SSSR count). The predicted molar refractivity (Wildman–Crippen MR) is 84.3 cm³/mol. The van der Waals surface area contributed by atoms with Gasteiger partial charge in [-0.15, -0.1) is 0 Å². The molecule has 1 N–H and O–H groups in total. The minimum absolute atomic E-state index is 0.436. The van der Waals surface area contributed by atoms with Crippen molar-refractivity contribution >= 4 is 0 Å². The number of nitrogens with zero attached hydrogens (tertiary/aromatic N) is 1. The van der Waals surface area contributed by atoms with Crippen LogP contribution in [0.5, 0.6) is 5.75 Å². The standard InChI is InChI=1S/C17H24N2O2/c1-14(11-18-12-17-8-5-9-21-17)19(2)13-15-6-4-7-16(10-15)20-3/h4-10,14,18H,11-13H2,1-3H3. The molecule has 0 spiro atoms. The van der Waals surface area contributed by atoms with Crippen molar-refractivity contribution in [2.45, 2.75) is 26.1 Å². The topological polar surface area (TPSA) is 37.6 Å². The minimum atomic E-state index is 0.436. The average molecular weight is 288 g/mol. The molecule has 0 radical (unpaired) electrons. The van der Waals surface area contributed by atoms with E-state index in [2.05, 4.69) is 36.3 Å². The number of methoxy groups -OCH3 is 1. The number of benzene rings is 1. The largest absolute Gasteiger partial charge is 0.497 e. The molecule has 0 aliphatic carbocycles. The Kier molecular flexibility index (Phi) is 5.84. The van der Waals surface area contributed by atoms with Crippen LogP contribution >= 0.6 is 0 Å². The van der Waals surface area contributed by atoms with Crippen LogP contribution in [0.3, 0.4) is 0 Å². The molecule has 2 aromatic rings. The van der Waals surface area contributed by atoms with Crippen molar-refractivity contribution < 1.29 is 9.15 Å². The second-order valence-corrected chi connectivity index (χ2v) is 5.33. The van der Waals surface area contributed by atoms with E-state index in [1.165, 1.54) is 5.56 Å². The van der Waals surface area contributed by atoms with Gasteiger partial charge in [-0.2, -0.15) is 0 Å². The molecule has 1 aromatic heterocycles. The second-order valence-electron chi connectivity index (χ2n) is 5.33. The molecule has 21 heavy (non-hydrogen) atoms. The number of hydrogen-bond acceptors (Lipinski definition) is 4. The van der Waals surface area contributed by atoms with Crippen molar-refractivity contribution in [2.75, 3.05) is 20.7 Å². The maximum absolute atomic E-state index is 5.31. The van der Waals surface area contributed by atoms with Crippen LogP contribution < -0.4 is 10.1 Å². The van der Waals surface area contributed by atoms with Crippen LogP contribution in [0.25, 0.3) is 0 Å². The highest BCUT2D eigenvalue weighted by Gasteiger charge is 2.10. The molecule has 1 heterocycles. The Balaban J connectivity index is 1.77. The molecule has 4 heteroatoms. The SMILES string of the molecule is COc1cccc(CN(C)C(C)CNCc2ccco2)c1. The van der Waals surface area contributed by atoms with Crippen molar-refractivity contribution in [1.29, 1.82) is 0 Å². The lowest BCUT2D eigenvalue weighted by molar-refractivity contribution is 0.241. The maximum atomic E-state index is 5.31. The Labute approximate surface area is 126 Å².